The van der Waals surface area contributed by atoms with Gasteiger partial charge in [-0.2, -0.15) is 0 Å². The zero-order valence-corrected chi connectivity index (χ0v) is 13.4. The van der Waals surface area contributed by atoms with Crippen LogP contribution in [0.1, 0.15) is 48.5 Å². The minimum atomic E-state index is -1.66. The van der Waals surface area contributed by atoms with E-state index in [1.54, 1.807) is 0 Å². The van der Waals surface area contributed by atoms with Gasteiger partial charge in [-0.1, -0.05) is 20.8 Å². The SMILES string of the molecule is CC[Si](CC)(CC)OB1OC(C)(C)C(C)(C)O1. The molecular weight excluding hydrogens is 231 g/mol. The largest absolute Gasteiger partial charge is 0.629 e. The van der Waals surface area contributed by atoms with Crippen LogP contribution in [-0.2, 0) is 13.7 Å². The molecule has 1 rings (SSSR count). The fraction of sp³-hybridized carbons (Fsp3) is 1.00. The Morgan fingerprint density at radius 3 is 1.53 bits per heavy atom. The topological polar surface area (TPSA) is 27.7 Å². The van der Waals surface area contributed by atoms with Crippen LogP contribution in [0.2, 0.25) is 18.1 Å². The highest BCUT2D eigenvalue weighted by Gasteiger charge is 2.54. The van der Waals surface area contributed by atoms with Crippen molar-refractivity contribution in [3.63, 3.8) is 0 Å². The van der Waals surface area contributed by atoms with Crippen LogP contribution in [-0.4, -0.2) is 26.8 Å². The Morgan fingerprint density at radius 2 is 1.24 bits per heavy atom. The molecule has 1 aliphatic rings. The van der Waals surface area contributed by atoms with Crippen molar-refractivity contribution in [1.29, 1.82) is 0 Å². The second kappa shape index (κ2) is 5.04. The fourth-order valence-corrected chi connectivity index (χ4v) is 4.55. The maximum atomic E-state index is 6.21. The minimum Gasteiger partial charge on any atom is -0.428 e. The summed E-state index contributed by atoms with van der Waals surface area (Å²) < 4.78 is 18.0. The molecule has 0 aromatic carbocycles. The molecule has 1 saturated heterocycles. The van der Waals surface area contributed by atoms with E-state index in [2.05, 4.69) is 48.5 Å². The third kappa shape index (κ3) is 2.95. The molecule has 100 valence electrons. The van der Waals surface area contributed by atoms with Gasteiger partial charge in [0.2, 0.25) is 0 Å². The summed E-state index contributed by atoms with van der Waals surface area (Å²) in [6.45, 7) is 14.9. The van der Waals surface area contributed by atoms with Gasteiger partial charge in [0.15, 0.2) is 8.32 Å². The molecule has 0 unspecified atom stereocenters. The number of hydrogen-bond donors (Lipinski definition) is 0. The van der Waals surface area contributed by atoms with E-state index in [1.807, 2.05) is 0 Å². The summed E-state index contributed by atoms with van der Waals surface area (Å²) in [5, 5.41) is 0. The molecule has 5 heteroatoms. The Bertz CT molecular complexity index is 240. The highest BCUT2D eigenvalue weighted by molar-refractivity contribution is 6.78. The van der Waals surface area contributed by atoms with Crippen molar-refractivity contribution in [2.45, 2.75) is 77.8 Å². The first kappa shape index (κ1) is 15.2. The van der Waals surface area contributed by atoms with Crippen molar-refractivity contribution in [2.24, 2.45) is 0 Å². The summed E-state index contributed by atoms with van der Waals surface area (Å²) in [5.41, 5.74) is -0.597. The first-order chi connectivity index (χ1) is 7.72. The molecule has 0 radical (unpaired) electrons. The van der Waals surface area contributed by atoms with Crippen LogP contribution in [0, 0.1) is 0 Å². The predicted molar refractivity (Wildman–Crippen MR) is 74.4 cm³/mol. The Hall–Kier alpha value is 0.162. The Kier molecular flexibility index (Phi) is 4.51. The van der Waals surface area contributed by atoms with Gasteiger partial charge in [-0.05, 0) is 45.8 Å². The van der Waals surface area contributed by atoms with Crippen LogP contribution in [0.5, 0.6) is 0 Å². The molecule has 0 amide bonds. The summed E-state index contributed by atoms with van der Waals surface area (Å²) in [4.78, 5) is 0. The second-order valence-electron chi connectivity index (χ2n) is 5.91. The highest BCUT2D eigenvalue weighted by Crippen LogP contribution is 2.38. The molecule has 1 fully saturated rings. The van der Waals surface area contributed by atoms with Gasteiger partial charge in [-0.3, -0.25) is 0 Å². The van der Waals surface area contributed by atoms with Crippen LogP contribution in [0.3, 0.4) is 0 Å². The molecule has 0 aromatic heterocycles. The second-order valence-corrected chi connectivity index (χ2v) is 10.6. The standard InChI is InChI=1S/C12H27BO3Si/c1-8-17(9-2,10-3)16-13-14-11(4,5)12(6,7)15-13/h8-10H2,1-7H3. The fourth-order valence-electron chi connectivity index (χ4n) is 2.04. The lowest BCUT2D eigenvalue weighted by atomic mass is 9.90. The van der Waals surface area contributed by atoms with Crippen molar-refractivity contribution in [3.8, 4) is 0 Å². The molecule has 3 nitrogen and oxygen atoms in total. The summed E-state index contributed by atoms with van der Waals surface area (Å²) in [5.74, 6) is 0. The maximum absolute atomic E-state index is 6.21. The molecule has 0 aliphatic carbocycles. The van der Waals surface area contributed by atoms with Gasteiger partial charge in [0.1, 0.15) is 0 Å². The average molecular weight is 258 g/mol. The lowest BCUT2D eigenvalue weighted by Crippen LogP contribution is -2.43. The van der Waals surface area contributed by atoms with Crippen LogP contribution in [0.25, 0.3) is 0 Å². The van der Waals surface area contributed by atoms with Crippen molar-refractivity contribution in [3.05, 3.63) is 0 Å². The van der Waals surface area contributed by atoms with Gasteiger partial charge in [0.25, 0.3) is 0 Å². The van der Waals surface area contributed by atoms with Gasteiger partial charge in [-0.25, -0.2) is 0 Å². The zero-order valence-electron chi connectivity index (χ0n) is 12.4. The molecule has 0 atom stereocenters. The third-order valence-electron chi connectivity index (χ3n) is 4.51. The molecule has 17 heavy (non-hydrogen) atoms. The molecular formula is C12H27BO3Si. The van der Waals surface area contributed by atoms with Gasteiger partial charge < -0.3 is 13.7 Å². The van der Waals surface area contributed by atoms with Crippen LogP contribution in [0.4, 0.5) is 0 Å². The summed E-state index contributed by atoms with van der Waals surface area (Å²) >= 11 is 0. The Morgan fingerprint density at radius 1 is 0.882 bits per heavy atom. The van der Waals surface area contributed by atoms with E-state index in [4.69, 9.17) is 13.7 Å². The summed E-state index contributed by atoms with van der Waals surface area (Å²) in [6.07, 6.45) is 0. The van der Waals surface area contributed by atoms with Crippen molar-refractivity contribution in [1.82, 2.24) is 0 Å². The lowest BCUT2D eigenvalue weighted by molar-refractivity contribution is 0.00578. The van der Waals surface area contributed by atoms with E-state index < -0.39 is 15.6 Å². The maximum Gasteiger partial charge on any atom is 0.629 e. The predicted octanol–water partition coefficient (Wildman–Crippen LogP) is 3.60. The first-order valence-corrected chi connectivity index (χ1v) is 9.28. The van der Waals surface area contributed by atoms with Gasteiger partial charge in [-0.15, -0.1) is 0 Å². The summed E-state index contributed by atoms with van der Waals surface area (Å²) in [7, 11) is -2.14. The van der Waals surface area contributed by atoms with Crippen molar-refractivity contribution < 1.29 is 13.7 Å². The van der Waals surface area contributed by atoms with Crippen LogP contribution in [0.15, 0.2) is 0 Å². The smallest absolute Gasteiger partial charge is 0.428 e. The summed E-state index contributed by atoms with van der Waals surface area (Å²) in [6, 6.07) is 3.35. The quantitative estimate of drug-likeness (QED) is 0.705. The Balaban J connectivity index is 2.72. The first-order valence-electron chi connectivity index (χ1n) is 6.75. The zero-order chi connectivity index (χ0) is 13.3. The van der Waals surface area contributed by atoms with E-state index in [0.717, 1.165) is 18.1 Å². The molecule has 0 spiro atoms. The van der Waals surface area contributed by atoms with E-state index in [0.29, 0.717) is 0 Å². The van der Waals surface area contributed by atoms with Crippen molar-refractivity contribution in [2.75, 3.05) is 0 Å². The normalized spacial score (nSPS) is 23.1. The molecule has 1 aliphatic heterocycles. The number of rotatable bonds is 5. The van der Waals surface area contributed by atoms with Gasteiger partial charge in [0, 0.05) is 0 Å². The van der Waals surface area contributed by atoms with E-state index in [9.17, 15) is 0 Å². The van der Waals surface area contributed by atoms with Crippen LogP contribution < -0.4 is 0 Å². The molecule has 0 aromatic rings. The van der Waals surface area contributed by atoms with Crippen molar-refractivity contribution >= 4 is 15.6 Å². The average Bonchev–Trinajstić information content (AvgIpc) is 2.44. The van der Waals surface area contributed by atoms with E-state index in [-0.39, 0.29) is 11.2 Å². The van der Waals surface area contributed by atoms with Gasteiger partial charge in [0.05, 0.1) is 11.2 Å². The van der Waals surface area contributed by atoms with Gasteiger partial charge >= 0.3 is 7.32 Å². The monoisotopic (exact) mass is 258 g/mol. The lowest BCUT2D eigenvalue weighted by Gasteiger charge is -2.31. The van der Waals surface area contributed by atoms with E-state index in [1.165, 1.54) is 0 Å². The molecule has 0 N–H and O–H groups in total. The minimum absolute atomic E-state index is 0.299. The molecule has 0 saturated carbocycles. The van der Waals surface area contributed by atoms with E-state index >= 15 is 0 Å². The van der Waals surface area contributed by atoms with Crippen LogP contribution >= 0.6 is 0 Å². The highest BCUT2D eigenvalue weighted by atomic mass is 28.4. The number of hydrogen-bond acceptors (Lipinski definition) is 3. The molecule has 1 heterocycles. The third-order valence-corrected chi connectivity index (χ3v) is 9.07. The Labute approximate surface area is 108 Å². The molecule has 0 bridgehead atoms.